The van der Waals surface area contributed by atoms with E-state index in [1.807, 2.05) is 30.3 Å². The first kappa shape index (κ1) is 19.2. The van der Waals surface area contributed by atoms with Gasteiger partial charge in [-0.1, -0.05) is 42.5 Å². The van der Waals surface area contributed by atoms with Crippen LogP contribution in [-0.4, -0.2) is 35.8 Å². The third-order valence-electron chi connectivity index (χ3n) is 3.75. The van der Waals surface area contributed by atoms with E-state index < -0.39 is 17.8 Å². The molecule has 0 aliphatic carbocycles. The number of rotatable bonds is 6. The van der Waals surface area contributed by atoms with Gasteiger partial charge in [0.2, 0.25) is 0 Å². The van der Waals surface area contributed by atoms with Gasteiger partial charge in [-0.25, -0.2) is 4.79 Å². The lowest BCUT2D eigenvalue weighted by atomic mass is 10.1. The Labute approximate surface area is 152 Å². The first-order valence-electron chi connectivity index (χ1n) is 8.47. The second kappa shape index (κ2) is 9.36. The smallest absolute Gasteiger partial charge is 0.340 e. The quantitative estimate of drug-likeness (QED) is 0.639. The number of hydrogen-bond acceptors (Lipinski definition) is 4. The third kappa shape index (κ3) is 4.92. The van der Waals surface area contributed by atoms with Crippen LogP contribution in [0.25, 0.3) is 0 Å². The molecule has 0 saturated carbocycles. The highest BCUT2D eigenvalue weighted by Gasteiger charge is 2.23. The van der Waals surface area contributed by atoms with E-state index >= 15 is 0 Å². The molecule has 6 nitrogen and oxygen atoms in total. The molecule has 0 spiro atoms. The predicted octanol–water partition coefficient (Wildman–Crippen LogP) is 2.85. The van der Waals surface area contributed by atoms with Gasteiger partial charge in [-0.3, -0.25) is 9.59 Å². The molecule has 2 rings (SSSR count). The molecular weight excluding hydrogens is 332 g/mol. The molecule has 2 amide bonds. The average molecular weight is 354 g/mol. The summed E-state index contributed by atoms with van der Waals surface area (Å²) >= 11 is 0. The zero-order chi connectivity index (χ0) is 18.9. The lowest BCUT2D eigenvalue weighted by molar-refractivity contribution is -0.143. The van der Waals surface area contributed by atoms with Crippen molar-refractivity contribution in [2.45, 2.75) is 20.4 Å². The van der Waals surface area contributed by atoms with Gasteiger partial charge in [0.1, 0.15) is 0 Å². The zero-order valence-corrected chi connectivity index (χ0v) is 14.9. The van der Waals surface area contributed by atoms with Crippen LogP contribution in [0.4, 0.5) is 5.69 Å². The van der Waals surface area contributed by atoms with E-state index in [0.717, 1.165) is 5.56 Å². The molecule has 0 atom stereocenters. The number of ether oxygens (including phenoxy) is 1. The van der Waals surface area contributed by atoms with Crippen LogP contribution in [0.3, 0.4) is 0 Å². The summed E-state index contributed by atoms with van der Waals surface area (Å²) in [5, 5.41) is 2.52. The Morgan fingerprint density at radius 3 is 2.27 bits per heavy atom. The van der Waals surface area contributed by atoms with Gasteiger partial charge in [-0.05, 0) is 31.5 Å². The summed E-state index contributed by atoms with van der Waals surface area (Å²) in [5.41, 5.74) is 1.39. The highest BCUT2D eigenvalue weighted by molar-refractivity contribution is 6.39. The normalized spacial score (nSPS) is 10.1. The minimum atomic E-state index is -0.792. The van der Waals surface area contributed by atoms with Gasteiger partial charge in [0.05, 0.1) is 17.9 Å². The fraction of sp³-hybridized carbons (Fsp3) is 0.250. The Morgan fingerprint density at radius 2 is 1.62 bits per heavy atom. The fourth-order valence-electron chi connectivity index (χ4n) is 2.43. The number of likely N-dealkylation sites (N-methyl/N-ethyl adjacent to an activating group) is 1. The van der Waals surface area contributed by atoms with E-state index in [0.29, 0.717) is 13.1 Å². The van der Waals surface area contributed by atoms with Gasteiger partial charge in [0, 0.05) is 13.1 Å². The number of benzene rings is 2. The number of carbonyl (C=O) groups excluding carboxylic acids is 3. The fourth-order valence-corrected chi connectivity index (χ4v) is 2.43. The molecule has 0 saturated heterocycles. The van der Waals surface area contributed by atoms with Crippen molar-refractivity contribution in [1.82, 2.24) is 4.90 Å². The molecule has 0 heterocycles. The van der Waals surface area contributed by atoms with E-state index in [4.69, 9.17) is 4.74 Å². The number of para-hydroxylation sites is 1. The van der Waals surface area contributed by atoms with Crippen LogP contribution in [0.15, 0.2) is 54.6 Å². The zero-order valence-electron chi connectivity index (χ0n) is 14.9. The van der Waals surface area contributed by atoms with Gasteiger partial charge in [0.15, 0.2) is 0 Å². The van der Waals surface area contributed by atoms with Crippen LogP contribution >= 0.6 is 0 Å². The molecule has 0 radical (unpaired) electrons. The molecule has 0 unspecified atom stereocenters. The molecule has 136 valence electrons. The van der Waals surface area contributed by atoms with Crippen molar-refractivity contribution in [3.63, 3.8) is 0 Å². The van der Waals surface area contributed by atoms with Gasteiger partial charge in [-0.2, -0.15) is 0 Å². The summed E-state index contributed by atoms with van der Waals surface area (Å²) in [4.78, 5) is 38.3. The molecule has 2 aromatic rings. The van der Waals surface area contributed by atoms with Gasteiger partial charge in [0.25, 0.3) is 0 Å². The lowest BCUT2D eigenvalue weighted by Gasteiger charge is -2.20. The Balaban J connectivity index is 2.11. The maximum Gasteiger partial charge on any atom is 0.340 e. The Morgan fingerprint density at radius 1 is 0.962 bits per heavy atom. The summed E-state index contributed by atoms with van der Waals surface area (Å²) in [6.45, 7) is 4.45. The van der Waals surface area contributed by atoms with Crippen LogP contribution in [0.2, 0.25) is 0 Å². The van der Waals surface area contributed by atoms with Crippen molar-refractivity contribution in [2.75, 3.05) is 18.5 Å². The Bertz CT molecular complexity index is 774. The molecule has 0 aliphatic rings. The summed E-state index contributed by atoms with van der Waals surface area (Å²) in [7, 11) is 0. The lowest BCUT2D eigenvalue weighted by Crippen LogP contribution is -2.39. The van der Waals surface area contributed by atoms with Crippen molar-refractivity contribution in [2.24, 2.45) is 0 Å². The standard InChI is InChI=1S/C20H22N2O4/c1-3-22(14-15-10-6-5-7-11-15)19(24)18(23)21-17-13-9-8-12-16(17)20(25)26-4-2/h5-13H,3-4,14H2,1-2H3,(H,21,23). The number of nitrogens with one attached hydrogen (secondary N) is 1. The molecule has 2 aromatic carbocycles. The van der Waals surface area contributed by atoms with E-state index in [2.05, 4.69) is 5.32 Å². The van der Waals surface area contributed by atoms with Gasteiger partial charge >= 0.3 is 17.8 Å². The van der Waals surface area contributed by atoms with Gasteiger partial charge in [-0.15, -0.1) is 0 Å². The number of carbonyl (C=O) groups is 3. The van der Waals surface area contributed by atoms with E-state index in [9.17, 15) is 14.4 Å². The van der Waals surface area contributed by atoms with Crippen molar-refractivity contribution in [3.8, 4) is 0 Å². The molecule has 0 aliphatic heterocycles. The molecule has 6 heteroatoms. The van der Waals surface area contributed by atoms with Crippen LogP contribution in [0.5, 0.6) is 0 Å². The third-order valence-corrected chi connectivity index (χ3v) is 3.75. The molecular formula is C20H22N2O4. The molecule has 1 N–H and O–H groups in total. The SMILES string of the molecule is CCOC(=O)c1ccccc1NC(=O)C(=O)N(CC)Cc1ccccc1. The largest absolute Gasteiger partial charge is 0.462 e. The van der Waals surface area contributed by atoms with Crippen LogP contribution in [0.1, 0.15) is 29.8 Å². The van der Waals surface area contributed by atoms with Crippen molar-refractivity contribution in [3.05, 3.63) is 65.7 Å². The van der Waals surface area contributed by atoms with Crippen LogP contribution < -0.4 is 5.32 Å². The first-order valence-corrected chi connectivity index (χ1v) is 8.47. The molecule has 0 bridgehead atoms. The van der Waals surface area contributed by atoms with Crippen LogP contribution in [0, 0.1) is 0 Å². The summed E-state index contributed by atoms with van der Waals surface area (Å²) in [6.07, 6.45) is 0. The number of esters is 1. The summed E-state index contributed by atoms with van der Waals surface area (Å²) in [5.74, 6) is -2.00. The maximum atomic E-state index is 12.5. The maximum absolute atomic E-state index is 12.5. The van der Waals surface area contributed by atoms with E-state index in [-0.39, 0.29) is 17.9 Å². The average Bonchev–Trinajstić information content (AvgIpc) is 2.67. The number of hydrogen-bond donors (Lipinski definition) is 1. The monoisotopic (exact) mass is 354 g/mol. The van der Waals surface area contributed by atoms with Gasteiger partial charge < -0.3 is 15.0 Å². The first-order chi connectivity index (χ1) is 12.6. The minimum Gasteiger partial charge on any atom is -0.462 e. The minimum absolute atomic E-state index is 0.210. The highest BCUT2D eigenvalue weighted by Crippen LogP contribution is 2.16. The number of anilines is 1. The highest BCUT2D eigenvalue weighted by atomic mass is 16.5. The number of nitrogens with zero attached hydrogens (tertiary/aromatic N) is 1. The van der Waals surface area contributed by atoms with Crippen molar-refractivity contribution < 1.29 is 19.1 Å². The van der Waals surface area contributed by atoms with Crippen LogP contribution in [-0.2, 0) is 20.9 Å². The summed E-state index contributed by atoms with van der Waals surface area (Å²) in [6, 6.07) is 15.9. The predicted molar refractivity (Wildman–Crippen MR) is 98.6 cm³/mol. The van der Waals surface area contributed by atoms with E-state index in [1.54, 1.807) is 38.1 Å². The second-order valence-electron chi connectivity index (χ2n) is 5.53. The second-order valence-corrected chi connectivity index (χ2v) is 5.53. The Hall–Kier alpha value is -3.15. The van der Waals surface area contributed by atoms with Crippen molar-refractivity contribution in [1.29, 1.82) is 0 Å². The Kier molecular flexibility index (Phi) is 6.91. The molecule has 26 heavy (non-hydrogen) atoms. The summed E-state index contributed by atoms with van der Waals surface area (Å²) < 4.78 is 4.97. The molecule has 0 fully saturated rings. The number of amides is 2. The van der Waals surface area contributed by atoms with Crippen molar-refractivity contribution >= 4 is 23.5 Å². The topological polar surface area (TPSA) is 75.7 Å². The van der Waals surface area contributed by atoms with E-state index in [1.165, 1.54) is 4.90 Å². The molecule has 0 aromatic heterocycles.